The molecule has 0 aliphatic rings. The van der Waals surface area contributed by atoms with E-state index in [9.17, 15) is 0 Å². The Labute approximate surface area is 67.6 Å². The van der Waals surface area contributed by atoms with E-state index < -0.39 is 13.6 Å². The van der Waals surface area contributed by atoms with Gasteiger partial charge in [0.2, 0.25) is 0 Å². The van der Waals surface area contributed by atoms with Crippen LogP contribution in [0.25, 0.3) is 0 Å². The van der Waals surface area contributed by atoms with Gasteiger partial charge in [0.1, 0.15) is 6.33 Å². The number of ether oxygens (including phenoxy) is 2. The van der Waals surface area contributed by atoms with E-state index >= 15 is 0 Å². The van der Waals surface area contributed by atoms with Gasteiger partial charge in [-0.05, 0) is 0 Å². The van der Waals surface area contributed by atoms with Crippen LogP contribution in [-0.2, 0) is 0 Å². The molecule has 2 N–H and O–H groups in total. The Hall–Kier alpha value is -1.47. The molecule has 0 unspecified atom stereocenters. The predicted molar refractivity (Wildman–Crippen MR) is 35.3 cm³/mol. The Morgan fingerprint density at radius 3 is 2.00 bits per heavy atom. The number of rotatable bonds is 4. The van der Waals surface area contributed by atoms with E-state index in [1.807, 2.05) is 0 Å². The maximum absolute atomic E-state index is 8.33. The SMILES string of the molecule is OCOc1ncnc(OCO)n1. The van der Waals surface area contributed by atoms with Gasteiger partial charge in [0.05, 0.1) is 0 Å². The van der Waals surface area contributed by atoms with E-state index in [4.69, 9.17) is 10.2 Å². The topological polar surface area (TPSA) is 97.6 Å². The molecule has 0 fully saturated rings. The van der Waals surface area contributed by atoms with E-state index in [1.54, 1.807) is 0 Å². The minimum atomic E-state index is -0.525. The van der Waals surface area contributed by atoms with Crippen LogP contribution in [0.5, 0.6) is 12.0 Å². The molecule has 0 aromatic carbocycles. The summed E-state index contributed by atoms with van der Waals surface area (Å²) in [6.45, 7) is -1.05. The molecular weight excluding hydrogens is 166 g/mol. The van der Waals surface area contributed by atoms with Crippen molar-refractivity contribution in [2.75, 3.05) is 13.6 Å². The molecule has 0 saturated heterocycles. The molecule has 1 aromatic rings. The lowest BCUT2D eigenvalue weighted by Crippen LogP contribution is -2.04. The first kappa shape index (κ1) is 8.62. The Morgan fingerprint density at radius 1 is 1.08 bits per heavy atom. The first-order valence-electron chi connectivity index (χ1n) is 3.03. The van der Waals surface area contributed by atoms with Gasteiger partial charge in [-0.15, -0.1) is 4.98 Å². The molecule has 0 saturated carbocycles. The first-order chi connectivity index (χ1) is 5.86. The molecular formula is C5H7N3O4. The van der Waals surface area contributed by atoms with Crippen molar-refractivity contribution in [2.45, 2.75) is 0 Å². The lowest BCUT2D eigenvalue weighted by atomic mass is 10.9. The Balaban J connectivity index is 2.67. The summed E-state index contributed by atoms with van der Waals surface area (Å²) in [6, 6.07) is -0.119. The van der Waals surface area contributed by atoms with Crippen LogP contribution in [0.3, 0.4) is 0 Å². The number of aromatic nitrogens is 3. The van der Waals surface area contributed by atoms with E-state index in [2.05, 4.69) is 24.4 Å². The number of aliphatic hydroxyl groups is 2. The summed E-state index contributed by atoms with van der Waals surface area (Å²) >= 11 is 0. The number of hydrogen-bond acceptors (Lipinski definition) is 7. The van der Waals surface area contributed by atoms with Gasteiger partial charge in [0.25, 0.3) is 0 Å². The monoisotopic (exact) mass is 173 g/mol. The van der Waals surface area contributed by atoms with Gasteiger partial charge in [0.15, 0.2) is 13.6 Å². The van der Waals surface area contributed by atoms with Crippen molar-refractivity contribution in [1.82, 2.24) is 15.0 Å². The van der Waals surface area contributed by atoms with Crippen LogP contribution in [0.15, 0.2) is 6.33 Å². The van der Waals surface area contributed by atoms with Crippen LogP contribution < -0.4 is 9.47 Å². The molecule has 0 aliphatic carbocycles. The second kappa shape index (κ2) is 4.42. The Kier molecular flexibility index (Phi) is 3.17. The molecule has 1 aromatic heterocycles. The molecule has 0 aliphatic heterocycles. The highest BCUT2D eigenvalue weighted by atomic mass is 16.6. The molecule has 1 rings (SSSR count). The summed E-state index contributed by atoms with van der Waals surface area (Å²) in [4.78, 5) is 10.7. The van der Waals surface area contributed by atoms with E-state index in [0.717, 1.165) is 6.33 Å². The lowest BCUT2D eigenvalue weighted by Gasteiger charge is -2.01. The number of aliphatic hydroxyl groups excluding tert-OH is 2. The fourth-order valence-electron chi connectivity index (χ4n) is 0.522. The van der Waals surface area contributed by atoms with E-state index in [-0.39, 0.29) is 12.0 Å². The first-order valence-corrected chi connectivity index (χ1v) is 3.03. The molecule has 0 amide bonds. The maximum Gasteiger partial charge on any atom is 0.324 e. The van der Waals surface area contributed by atoms with Crippen LogP contribution in [0.4, 0.5) is 0 Å². The van der Waals surface area contributed by atoms with Crippen molar-refractivity contribution in [3.8, 4) is 12.0 Å². The Morgan fingerprint density at radius 2 is 1.58 bits per heavy atom. The van der Waals surface area contributed by atoms with Crippen molar-refractivity contribution in [3.05, 3.63) is 6.33 Å². The summed E-state index contributed by atoms with van der Waals surface area (Å²) < 4.78 is 9.05. The number of nitrogens with zero attached hydrogens (tertiary/aromatic N) is 3. The van der Waals surface area contributed by atoms with Gasteiger partial charge < -0.3 is 19.7 Å². The highest BCUT2D eigenvalue weighted by Crippen LogP contribution is 2.04. The molecule has 0 spiro atoms. The second-order valence-electron chi connectivity index (χ2n) is 1.60. The minimum absolute atomic E-state index is 0.0593. The van der Waals surface area contributed by atoms with Gasteiger partial charge in [-0.25, -0.2) is 0 Å². The second-order valence-corrected chi connectivity index (χ2v) is 1.60. The predicted octanol–water partition coefficient (Wildman–Crippen LogP) is -1.47. The molecule has 7 heteroatoms. The normalized spacial score (nSPS) is 9.50. The van der Waals surface area contributed by atoms with Gasteiger partial charge in [-0.2, -0.15) is 9.97 Å². The van der Waals surface area contributed by atoms with Gasteiger partial charge >= 0.3 is 12.0 Å². The fraction of sp³-hybridized carbons (Fsp3) is 0.400. The zero-order valence-corrected chi connectivity index (χ0v) is 6.04. The van der Waals surface area contributed by atoms with Crippen molar-refractivity contribution >= 4 is 0 Å². The average molecular weight is 173 g/mol. The summed E-state index contributed by atoms with van der Waals surface area (Å²) in [6.07, 6.45) is 1.14. The quantitative estimate of drug-likeness (QED) is 0.536. The highest BCUT2D eigenvalue weighted by Gasteiger charge is 2.00. The largest absolute Gasteiger partial charge is 0.436 e. The highest BCUT2D eigenvalue weighted by molar-refractivity contribution is 4.98. The van der Waals surface area contributed by atoms with Crippen LogP contribution in [-0.4, -0.2) is 38.8 Å². The molecule has 0 radical (unpaired) electrons. The molecule has 0 atom stereocenters. The summed E-state index contributed by atoms with van der Waals surface area (Å²) in [7, 11) is 0. The third kappa shape index (κ3) is 2.29. The molecule has 66 valence electrons. The number of hydrogen-bond donors (Lipinski definition) is 2. The van der Waals surface area contributed by atoms with Crippen LogP contribution in [0, 0.1) is 0 Å². The summed E-state index contributed by atoms with van der Waals surface area (Å²) in [5, 5.41) is 16.7. The summed E-state index contributed by atoms with van der Waals surface area (Å²) in [5.41, 5.74) is 0. The Bertz CT molecular complexity index is 223. The lowest BCUT2D eigenvalue weighted by molar-refractivity contribution is 0.0765. The van der Waals surface area contributed by atoms with Gasteiger partial charge in [-0.3, -0.25) is 0 Å². The molecule has 7 nitrogen and oxygen atoms in total. The van der Waals surface area contributed by atoms with E-state index in [0.29, 0.717) is 0 Å². The smallest absolute Gasteiger partial charge is 0.324 e. The van der Waals surface area contributed by atoms with Crippen molar-refractivity contribution in [2.24, 2.45) is 0 Å². The van der Waals surface area contributed by atoms with E-state index in [1.165, 1.54) is 0 Å². The molecule has 0 bridgehead atoms. The van der Waals surface area contributed by atoms with Crippen LogP contribution >= 0.6 is 0 Å². The zero-order valence-electron chi connectivity index (χ0n) is 6.04. The van der Waals surface area contributed by atoms with Crippen molar-refractivity contribution in [3.63, 3.8) is 0 Å². The maximum atomic E-state index is 8.33. The van der Waals surface area contributed by atoms with Crippen LogP contribution in [0.1, 0.15) is 0 Å². The van der Waals surface area contributed by atoms with Crippen molar-refractivity contribution in [1.29, 1.82) is 0 Å². The average Bonchev–Trinajstić information content (AvgIpc) is 2.06. The minimum Gasteiger partial charge on any atom is -0.436 e. The van der Waals surface area contributed by atoms with Gasteiger partial charge in [-0.1, -0.05) is 0 Å². The summed E-state index contributed by atoms with van der Waals surface area (Å²) in [5.74, 6) is 0. The third-order valence-corrected chi connectivity index (χ3v) is 0.915. The van der Waals surface area contributed by atoms with Crippen molar-refractivity contribution < 1.29 is 19.7 Å². The molecule has 1 heterocycles. The molecule has 12 heavy (non-hydrogen) atoms. The standard InChI is InChI=1S/C5H7N3O4/c9-2-11-4-6-1-7-5(8-4)12-3-10/h1,9-10H,2-3H2. The van der Waals surface area contributed by atoms with Crippen LogP contribution in [0.2, 0.25) is 0 Å². The third-order valence-electron chi connectivity index (χ3n) is 0.915. The van der Waals surface area contributed by atoms with Gasteiger partial charge in [0, 0.05) is 0 Å². The fourth-order valence-corrected chi connectivity index (χ4v) is 0.522. The zero-order chi connectivity index (χ0) is 8.81.